The summed E-state index contributed by atoms with van der Waals surface area (Å²) in [4.78, 5) is 23.1. The number of amides is 1. The van der Waals surface area contributed by atoms with E-state index in [9.17, 15) is 4.79 Å². The van der Waals surface area contributed by atoms with Crippen LogP contribution in [0.1, 0.15) is 12.8 Å². The van der Waals surface area contributed by atoms with Gasteiger partial charge in [0.15, 0.2) is 0 Å². The molecule has 1 aliphatic heterocycles. The molecule has 6 heteroatoms. The Hall–Kier alpha value is -2.63. The maximum atomic E-state index is 12.5. The first-order valence-electron chi connectivity index (χ1n) is 7.73. The van der Waals surface area contributed by atoms with E-state index in [1.54, 1.807) is 25.6 Å². The summed E-state index contributed by atoms with van der Waals surface area (Å²) in [5, 5.41) is 2.97. The summed E-state index contributed by atoms with van der Waals surface area (Å²) in [7, 11) is 1.61. The third-order valence-electron chi connectivity index (χ3n) is 3.96. The Morgan fingerprint density at radius 1 is 1.30 bits per heavy atom. The van der Waals surface area contributed by atoms with E-state index in [2.05, 4.69) is 20.2 Å². The van der Waals surface area contributed by atoms with E-state index in [0.29, 0.717) is 12.5 Å². The lowest BCUT2D eigenvalue weighted by molar-refractivity contribution is -0.120. The van der Waals surface area contributed by atoms with Crippen molar-refractivity contribution >= 4 is 17.5 Å². The van der Waals surface area contributed by atoms with Gasteiger partial charge in [-0.25, -0.2) is 9.97 Å². The highest BCUT2D eigenvalue weighted by Gasteiger charge is 2.27. The fourth-order valence-corrected chi connectivity index (χ4v) is 2.77. The molecule has 1 N–H and O–H groups in total. The fraction of sp³-hybridized carbons (Fsp3) is 0.353. The topological polar surface area (TPSA) is 67.3 Å². The summed E-state index contributed by atoms with van der Waals surface area (Å²) in [6.45, 7) is 1.52. The molecular weight excluding hydrogens is 292 g/mol. The average Bonchev–Trinajstić information content (AvgIpc) is 2.63. The normalized spacial score (nSPS) is 17.6. The molecule has 0 aliphatic carbocycles. The number of nitrogens with one attached hydrogen (secondary N) is 1. The SMILES string of the molecule is COc1cccc(NC(=O)C2CCCN(c3ncccn3)C2)c1. The Labute approximate surface area is 135 Å². The molecule has 0 saturated carbocycles. The molecule has 0 bridgehead atoms. The number of aromatic nitrogens is 2. The quantitative estimate of drug-likeness (QED) is 0.938. The monoisotopic (exact) mass is 312 g/mol. The third kappa shape index (κ3) is 3.77. The number of ether oxygens (including phenoxy) is 1. The molecule has 2 heterocycles. The summed E-state index contributed by atoms with van der Waals surface area (Å²) in [5.41, 5.74) is 0.752. The van der Waals surface area contributed by atoms with Crippen molar-refractivity contribution in [2.45, 2.75) is 12.8 Å². The summed E-state index contributed by atoms with van der Waals surface area (Å²) >= 11 is 0. The number of nitrogens with zero attached hydrogens (tertiary/aromatic N) is 3. The van der Waals surface area contributed by atoms with Gasteiger partial charge in [-0.1, -0.05) is 6.07 Å². The Kier molecular flexibility index (Phi) is 4.71. The lowest BCUT2D eigenvalue weighted by atomic mass is 9.97. The zero-order valence-electron chi connectivity index (χ0n) is 13.1. The van der Waals surface area contributed by atoms with Gasteiger partial charge in [-0.15, -0.1) is 0 Å². The van der Waals surface area contributed by atoms with Crippen LogP contribution in [0.2, 0.25) is 0 Å². The van der Waals surface area contributed by atoms with Crippen LogP contribution >= 0.6 is 0 Å². The van der Waals surface area contributed by atoms with Gasteiger partial charge in [0.05, 0.1) is 13.0 Å². The molecule has 6 nitrogen and oxygen atoms in total. The van der Waals surface area contributed by atoms with Crippen molar-refractivity contribution in [3.63, 3.8) is 0 Å². The van der Waals surface area contributed by atoms with Crippen molar-refractivity contribution in [2.24, 2.45) is 5.92 Å². The number of hydrogen-bond acceptors (Lipinski definition) is 5. The molecule has 1 aliphatic rings. The zero-order valence-corrected chi connectivity index (χ0v) is 13.1. The first-order valence-corrected chi connectivity index (χ1v) is 7.73. The van der Waals surface area contributed by atoms with Crippen LogP contribution in [0.3, 0.4) is 0 Å². The number of carbonyl (C=O) groups excluding carboxylic acids is 1. The Morgan fingerprint density at radius 3 is 2.91 bits per heavy atom. The van der Waals surface area contributed by atoms with E-state index in [4.69, 9.17) is 4.74 Å². The number of carbonyl (C=O) groups is 1. The van der Waals surface area contributed by atoms with E-state index >= 15 is 0 Å². The van der Waals surface area contributed by atoms with Crippen molar-refractivity contribution in [3.05, 3.63) is 42.7 Å². The Morgan fingerprint density at radius 2 is 2.13 bits per heavy atom. The summed E-state index contributed by atoms with van der Waals surface area (Å²) < 4.78 is 5.18. The molecular formula is C17H20N4O2. The van der Waals surface area contributed by atoms with Crippen molar-refractivity contribution in [3.8, 4) is 5.75 Å². The highest BCUT2D eigenvalue weighted by atomic mass is 16.5. The van der Waals surface area contributed by atoms with E-state index in [0.717, 1.165) is 30.8 Å². The standard InChI is InChI=1S/C17H20N4O2/c1-23-15-7-2-6-14(11-15)20-16(22)13-5-3-10-21(12-13)17-18-8-4-9-19-17/h2,4,6-9,11,13H,3,5,10,12H2,1H3,(H,20,22). The number of hydrogen-bond donors (Lipinski definition) is 1. The minimum absolute atomic E-state index is 0.0267. The van der Waals surface area contributed by atoms with E-state index in [1.165, 1.54) is 0 Å². The van der Waals surface area contributed by atoms with Gasteiger partial charge in [-0.3, -0.25) is 4.79 Å². The van der Waals surface area contributed by atoms with Crippen molar-refractivity contribution in [2.75, 3.05) is 30.4 Å². The largest absolute Gasteiger partial charge is 0.497 e. The molecule has 1 aromatic heterocycles. The van der Waals surface area contributed by atoms with Gasteiger partial charge in [-0.05, 0) is 31.0 Å². The number of anilines is 2. The molecule has 0 radical (unpaired) electrons. The van der Waals surface area contributed by atoms with Gasteiger partial charge in [0.25, 0.3) is 0 Å². The minimum Gasteiger partial charge on any atom is -0.497 e. The molecule has 0 spiro atoms. The zero-order chi connectivity index (χ0) is 16.1. The second-order valence-corrected chi connectivity index (χ2v) is 5.56. The molecule has 23 heavy (non-hydrogen) atoms. The predicted octanol–water partition coefficient (Wildman–Crippen LogP) is 2.34. The predicted molar refractivity (Wildman–Crippen MR) is 88.6 cm³/mol. The summed E-state index contributed by atoms with van der Waals surface area (Å²) in [6.07, 6.45) is 5.28. The average molecular weight is 312 g/mol. The maximum absolute atomic E-state index is 12.5. The number of rotatable bonds is 4. The van der Waals surface area contributed by atoms with Gasteiger partial charge in [0.2, 0.25) is 11.9 Å². The number of benzene rings is 1. The van der Waals surface area contributed by atoms with Crippen LogP contribution in [0.4, 0.5) is 11.6 Å². The smallest absolute Gasteiger partial charge is 0.229 e. The summed E-state index contributed by atoms with van der Waals surface area (Å²) in [6, 6.07) is 9.19. The molecule has 3 rings (SSSR count). The van der Waals surface area contributed by atoms with E-state index in [1.807, 2.05) is 24.3 Å². The third-order valence-corrected chi connectivity index (χ3v) is 3.96. The minimum atomic E-state index is -0.0706. The van der Waals surface area contributed by atoms with E-state index < -0.39 is 0 Å². The van der Waals surface area contributed by atoms with Crippen LogP contribution in [0, 0.1) is 5.92 Å². The second-order valence-electron chi connectivity index (χ2n) is 5.56. The van der Waals surface area contributed by atoms with Crippen molar-refractivity contribution in [1.82, 2.24) is 9.97 Å². The molecule has 1 saturated heterocycles. The van der Waals surface area contributed by atoms with Gasteiger partial charge >= 0.3 is 0 Å². The van der Waals surface area contributed by atoms with Crippen molar-refractivity contribution in [1.29, 1.82) is 0 Å². The highest BCUT2D eigenvalue weighted by Crippen LogP contribution is 2.22. The van der Waals surface area contributed by atoms with Crippen LogP contribution < -0.4 is 15.0 Å². The Balaban J connectivity index is 1.65. The van der Waals surface area contributed by atoms with Crippen LogP contribution in [0.25, 0.3) is 0 Å². The molecule has 1 amide bonds. The molecule has 120 valence electrons. The Bertz CT molecular complexity index is 663. The van der Waals surface area contributed by atoms with Gasteiger partial charge in [0.1, 0.15) is 5.75 Å². The van der Waals surface area contributed by atoms with Gasteiger partial charge < -0.3 is 15.0 Å². The van der Waals surface area contributed by atoms with Crippen LogP contribution in [-0.2, 0) is 4.79 Å². The molecule has 1 aromatic carbocycles. The molecule has 1 unspecified atom stereocenters. The second kappa shape index (κ2) is 7.09. The fourth-order valence-electron chi connectivity index (χ4n) is 2.77. The first kappa shape index (κ1) is 15.3. The molecule has 2 aromatic rings. The van der Waals surface area contributed by atoms with Gasteiger partial charge in [-0.2, -0.15) is 0 Å². The van der Waals surface area contributed by atoms with Crippen molar-refractivity contribution < 1.29 is 9.53 Å². The maximum Gasteiger partial charge on any atom is 0.229 e. The number of methoxy groups -OCH3 is 1. The lowest BCUT2D eigenvalue weighted by Gasteiger charge is -2.31. The van der Waals surface area contributed by atoms with Crippen LogP contribution in [-0.4, -0.2) is 36.1 Å². The lowest BCUT2D eigenvalue weighted by Crippen LogP contribution is -2.41. The number of piperidine rings is 1. The first-order chi connectivity index (χ1) is 11.3. The summed E-state index contributed by atoms with van der Waals surface area (Å²) in [5.74, 6) is 1.37. The molecule has 1 atom stereocenters. The van der Waals surface area contributed by atoms with E-state index in [-0.39, 0.29) is 11.8 Å². The van der Waals surface area contributed by atoms with Gasteiger partial charge in [0, 0.05) is 37.2 Å². The molecule has 1 fully saturated rings. The van der Waals surface area contributed by atoms with Crippen LogP contribution in [0.5, 0.6) is 5.75 Å². The van der Waals surface area contributed by atoms with Crippen LogP contribution in [0.15, 0.2) is 42.7 Å². The highest BCUT2D eigenvalue weighted by molar-refractivity contribution is 5.93.